The molecule has 6 heteroatoms. The van der Waals surface area contributed by atoms with Gasteiger partial charge in [-0.05, 0) is 74.8 Å². The second-order valence-corrected chi connectivity index (χ2v) is 11.5. The van der Waals surface area contributed by atoms with Crippen molar-refractivity contribution in [3.63, 3.8) is 0 Å². The maximum absolute atomic E-state index is 13.5. The van der Waals surface area contributed by atoms with Crippen LogP contribution in [0.25, 0.3) is 0 Å². The summed E-state index contributed by atoms with van der Waals surface area (Å²) < 4.78 is 0. The summed E-state index contributed by atoms with van der Waals surface area (Å²) >= 11 is 0. The number of amides is 1. The summed E-state index contributed by atoms with van der Waals surface area (Å²) in [7, 11) is 1.51. The lowest BCUT2D eigenvalue weighted by Gasteiger charge is -2.37. The predicted octanol–water partition coefficient (Wildman–Crippen LogP) is 6.47. The summed E-state index contributed by atoms with van der Waals surface area (Å²) in [5, 5.41) is 20.5. The molecule has 3 rings (SSSR count). The number of aliphatic hydroxyl groups is 1. The molecular weight excluding hydrogens is 490 g/mol. The van der Waals surface area contributed by atoms with Crippen molar-refractivity contribution in [1.29, 1.82) is 0 Å². The Labute approximate surface area is 233 Å². The standard InChI is InChI=1S/C33H45NO5/c1-8-32(9-2,26-14-16-28(22(4)20-26)30(36)34(7)24(6)31(37)38)25-13-15-27(21(3)19-25)29(35)23(5)33(39)17-11-10-12-18-33/h13-16,19-20,23-24,39H,8-12,17-18H2,1-7H3,(H,37,38). The van der Waals surface area contributed by atoms with Gasteiger partial charge in [-0.3, -0.25) is 9.59 Å². The van der Waals surface area contributed by atoms with Gasteiger partial charge >= 0.3 is 5.97 Å². The van der Waals surface area contributed by atoms with Gasteiger partial charge in [-0.2, -0.15) is 0 Å². The molecule has 2 N–H and O–H groups in total. The van der Waals surface area contributed by atoms with Crippen LogP contribution < -0.4 is 0 Å². The molecule has 2 aromatic carbocycles. The van der Waals surface area contributed by atoms with Gasteiger partial charge in [0.25, 0.3) is 5.91 Å². The van der Waals surface area contributed by atoms with Crippen LogP contribution in [0.1, 0.15) is 116 Å². The molecule has 0 aromatic heterocycles. The van der Waals surface area contributed by atoms with Gasteiger partial charge in [-0.15, -0.1) is 0 Å². The van der Waals surface area contributed by atoms with Crippen LogP contribution in [0.5, 0.6) is 0 Å². The lowest BCUT2D eigenvalue weighted by Crippen LogP contribution is -2.42. The number of carbonyl (C=O) groups is 3. The quantitative estimate of drug-likeness (QED) is 0.340. The fourth-order valence-corrected chi connectivity index (χ4v) is 6.28. The molecule has 0 heterocycles. The molecule has 2 aromatic rings. The summed E-state index contributed by atoms with van der Waals surface area (Å²) in [4.78, 5) is 39.2. The third-order valence-electron chi connectivity index (χ3n) is 9.44. The number of hydrogen-bond donors (Lipinski definition) is 2. The van der Waals surface area contributed by atoms with Crippen LogP contribution >= 0.6 is 0 Å². The van der Waals surface area contributed by atoms with E-state index < -0.39 is 23.5 Å². The molecule has 1 aliphatic rings. The Bertz CT molecular complexity index is 1220. The van der Waals surface area contributed by atoms with E-state index in [0.29, 0.717) is 24.0 Å². The lowest BCUT2D eigenvalue weighted by molar-refractivity contribution is -0.141. The van der Waals surface area contributed by atoms with Gasteiger partial charge in [0, 0.05) is 29.5 Å². The number of benzene rings is 2. The minimum absolute atomic E-state index is 0.000431. The highest BCUT2D eigenvalue weighted by molar-refractivity contribution is 6.00. The number of carbonyl (C=O) groups excluding carboxylic acids is 2. The fourth-order valence-electron chi connectivity index (χ4n) is 6.28. The van der Waals surface area contributed by atoms with Gasteiger partial charge in [-0.1, -0.05) is 70.4 Å². The zero-order chi connectivity index (χ0) is 29.1. The highest BCUT2D eigenvalue weighted by Gasteiger charge is 2.40. The number of carboxylic acid groups (broad SMARTS) is 1. The molecule has 1 saturated carbocycles. The van der Waals surface area contributed by atoms with Crippen LogP contribution in [-0.4, -0.2) is 51.5 Å². The molecule has 212 valence electrons. The second kappa shape index (κ2) is 12.0. The van der Waals surface area contributed by atoms with E-state index in [-0.39, 0.29) is 17.1 Å². The first-order valence-corrected chi connectivity index (χ1v) is 14.3. The Hall–Kier alpha value is -2.99. The molecule has 2 unspecified atom stereocenters. The number of carboxylic acids is 1. The van der Waals surface area contributed by atoms with Crippen molar-refractivity contribution in [3.05, 3.63) is 69.8 Å². The summed E-state index contributed by atoms with van der Waals surface area (Å²) in [6.07, 6.45) is 6.04. The van der Waals surface area contributed by atoms with Crippen LogP contribution in [0.15, 0.2) is 36.4 Å². The van der Waals surface area contributed by atoms with E-state index in [9.17, 15) is 24.6 Å². The molecule has 39 heavy (non-hydrogen) atoms. The summed E-state index contributed by atoms with van der Waals surface area (Å²) in [6.45, 7) is 11.5. The van der Waals surface area contributed by atoms with Crippen molar-refractivity contribution >= 4 is 17.7 Å². The second-order valence-electron chi connectivity index (χ2n) is 11.5. The highest BCUT2D eigenvalue weighted by Crippen LogP contribution is 2.41. The van der Waals surface area contributed by atoms with E-state index in [4.69, 9.17) is 0 Å². The Morgan fingerprint density at radius 3 is 1.82 bits per heavy atom. The number of rotatable bonds is 10. The normalized spacial score (nSPS) is 16.8. The molecular formula is C33H45NO5. The fraction of sp³-hybridized carbons (Fsp3) is 0.545. The Morgan fingerprint density at radius 1 is 0.897 bits per heavy atom. The molecule has 0 spiro atoms. The Kier molecular flexibility index (Phi) is 9.43. The van der Waals surface area contributed by atoms with Crippen LogP contribution in [0.3, 0.4) is 0 Å². The van der Waals surface area contributed by atoms with E-state index in [2.05, 4.69) is 19.9 Å². The van der Waals surface area contributed by atoms with Gasteiger partial charge in [0.1, 0.15) is 6.04 Å². The topological polar surface area (TPSA) is 94.9 Å². The van der Waals surface area contributed by atoms with Gasteiger partial charge in [-0.25, -0.2) is 4.79 Å². The van der Waals surface area contributed by atoms with Gasteiger partial charge < -0.3 is 15.1 Å². The van der Waals surface area contributed by atoms with Crippen molar-refractivity contribution in [1.82, 2.24) is 4.90 Å². The van der Waals surface area contributed by atoms with E-state index in [1.54, 1.807) is 6.07 Å². The number of Topliss-reactive ketones (excluding diaryl/α,β-unsaturated/α-hetero) is 1. The van der Waals surface area contributed by atoms with E-state index >= 15 is 0 Å². The Balaban J connectivity index is 1.96. The summed E-state index contributed by atoms with van der Waals surface area (Å²) in [5.41, 5.74) is 3.81. The first-order chi connectivity index (χ1) is 18.3. The molecule has 0 bridgehead atoms. The third kappa shape index (κ3) is 5.81. The van der Waals surface area contributed by atoms with E-state index in [1.807, 2.05) is 45.0 Å². The number of likely N-dealkylation sites (N-methyl/N-ethyl adjacent to an activating group) is 1. The number of ketones is 1. The molecule has 0 radical (unpaired) electrons. The van der Waals surface area contributed by atoms with Gasteiger partial charge in [0.05, 0.1) is 5.60 Å². The molecule has 1 amide bonds. The largest absolute Gasteiger partial charge is 0.480 e. The zero-order valence-corrected chi connectivity index (χ0v) is 24.6. The SMILES string of the molecule is CCC(CC)(c1ccc(C(=O)C(C)C2(O)CCCCC2)c(C)c1)c1ccc(C(=O)N(C)C(C)C(=O)O)c(C)c1. The maximum atomic E-state index is 13.5. The van der Waals surface area contributed by atoms with E-state index in [1.165, 1.54) is 18.9 Å². The third-order valence-corrected chi connectivity index (χ3v) is 9.44. The van der Waals surface area contributed by atoms with Crippen LogP contribution in [0, 0.1) is 19.8 Å². The zero-order valence-electron chi connectivity index (χ0n) is 24.6. The first kappa shape index (κ1) is 30.6. The summed E-state index contributed by atoms with van der Waals surface area (Å²) in [5.74, 6) is -1.81. The minimum atomic E-state index is -1.05. The number of nitrogens with zero attached hydrogens (tertiary/aromatic N) is 1. The summed E-state index contributed by atoms with van der Waals surface area (Å²) in [6, 6.07) is 11.0. The number of aryl methyl sites for hydroxylation is 2. The van der Waals surface area contributed by atoms with Crippen LogP contribution in [0.2, 0.25) is 0 Å². The van der Waals surface area contributed by atoms with E-state index in [0.717, 1.165) is 54.4 Å². The number of hydrogen-bond acceptors (Lipinski definition) is 4. The highest BCUT2D eigenvalue weighted by atomic mass is 16.4. The molecule has 6 nitrogen and oxygen atoms in total. The molecule has 2 atom stereocenters. The first-order valence-electron chi connectivity index (χ1n) is 14.3. The molecule has 0 aliphatic heterocycles. The van der Waals surface area contributed by atoms with Crippen molar-refractivity contribution in [2.45, 2.75) is 104 Å². The van der Waals surface area contributed by atoms with Crippen LogP contribution in [-0.2, 0) is 10.2 Å². The van der Waals surface area contributed by atoms with Crippen molar-refractivity contribution in [3.8, 4) is 0 Å². The van der Waals surface area contributed by atoms with Crippen LogP contribution in [0.4, 0.5) is 0 Å². The number of aliphatic carboxylic acids is 1. The van der Waals surface area contributed by atoms with Crippen molar-refractivity contribution in [2.24, 2.45) is 5.92 Å². The molecule has 1 aliphatic carbocycles. The Morgan fingerprint density at radius 2 is 1.38 bits per heavy atom. The smallest absolute Gasteiger partial charge is 0.326 e. The monoisotopic (exact) mass is 535 g/mol. The molecule has 0 saturated heterocycles. The molecule has 1 fully saturated rings. The lowest BCUT2D eigenvalue weighted by atomic mass is 9.69. The van der Waals surface area contributed by atoms with Crippen molar-refractivity contribution < 1.29 is 24.6 Å². The average molecular weight is 536 g/mol. The minimum Gasteiger partial charge on any atom is -0.480 e. The van der Waals surface area contributed by atoms with Crippen molar-refractivity contribution in [2.75, 3.05) is 7.05 Å². The predicted molar refractivity (Wildman–Crippen MR) is 154 cm³/mol. The average Bonchev–Trinajstić information content (AvgIpc) is 2.92. The van der Waals surface area contributed by atoms with Gasteiger partial charge in [0.15, 0.2) is 5.78 Å². The van der Waals surface area contributed by atoms with Gasteiger partial charge in [0.2, 0.25) is 0 Å². The maximum Gasteiger partial charge on any atom is 0.326 e.